The lowest BCUT2D eigenvalue weighted by molar-refractivity contribution is 0.0270. The lowest BCUT2D eigenvalue weighted by Gasteiger charge is -2.29. The summed E-state index contributed by atoms with van der Waals surface area (Å²) >= 11 is 0. The maximum absolute atomic E-state index is 12.7. The highest BCUT2D eigenvalue weighted by molar-refractivity contribution is 5.77. The van der Waals surface area contributed by atoms with E-state index in [1.54, 1.807) is 21.1 Å². The van der Waals surface area contributed by atoms with Crippen molar-refractivity contribution in [2.45, 2.75) is 60.1 Å². The molecule has 0 saturated heterocycles. The van der Waals surface area contributed by atoms with Crippen molar-refractivity contribution in [1.29, 1.82) is 0 Å². The van der Waals surface area contributed by atoms with Crippen molar-refractivity contribution >= 4 is 22.8 Å². The highest BCUT2D eigenvalue weighted by Crippen LogP contribution is 2.25. The number of pyridine rings is 1. The molecule has 0 unspecified atom stereocenters. The summed E-state index contributed by atoms with van der Waals surface area (Å²) in [5.41, 5.74) is 2.92. The van der Waals surface area contributed by atoms with Crippen molar-refractivity contribution < 1.29 is 9.53 Å². The van der Waals surface area contributed by atoms with Crippen LogP contribution in [0.1, 0.15) is 53.7 Å². The largest absolute Gasteiger partial charge is 0.444 e. The monoisotopic (exact) mass is 400 g/mol. The lowest BCUT2D eigenvalue weighted by Crippen LogP contribution is -2.39. The summed E-state index contributed by atoms with van der Waals surface area (Å²) in [6.07, 6.45) is 2.43. The van der Waals surface area contributed by atoms with E-state index < -0.39 is 5.60 Å². The van der Waals surface area contributed by atoms with E-state index in [0.717, 1.165) is 16.8 Å². The minimum atomic E-state index is -0.501. The van der Waals surface area contributed by atoms with Crippen LogP contribution in [0.2, 0.25) is 0 Å². The van der Waals surface area contributed by atoms with Gasteiger partial charge in [0.05, 0.1) is 11.2 Å². The third-order valence-corrected chi connectivity index (χ3v) is 4.80. The van der Waals surface area contributed by atoms with E-state index in [9.17, 15) is 9.59 Å². The average Bonchev–Trinajstić information content (AvgIpc) is 2.84. The van der Waals surface area contributed by atoms with Gasteiger partial charge in [-0.15, -0.1) is 0 Å². The lowest BCUT2D eigenvalue weighted by atomic mass is 9.97. The molecule has 1 amide bonds. The van der Waals surface area contributed by atoms with Crippen molar-refractivity contribution in [2.24, 2.45) is 12.5 Å². The molecule has 2 aromatic heterocycles. The second-order valence-electron chi connectivity index (χ2n) is 9.93. The van der Waals surface area contributed by atoms with Gasteiger partial charge in [0.15, 0.2) is 5.65 Å². The van der Waals surface area contributed by atoms with Gasteiger partial charge in [0.2, 0.25) is 0 Å². The van der Waals surface area contributed by atoms with Crippen LogP contribution in [0.25, 0.3) is 16.7 Å². The van der Waals surface area contributed by atoms with Crippen LogP contribution in [0.4, 0.5) is 4.79 Å². The van der Waals surface area contributed by atoms with Gasteiger partial charge in [0.25, 0.3) is 0 Å². The normalized spacial score (nSPS) is 15.6. The van der Waals surface area contributed by atoms with Crippen LogP contribution >= 0.6 is 0 Å². The first-order chi connectivity index (χ1) is 13.4. The van der Waals surface area contributed by atoms with Crippen LogP contribution < -0.4 is 5.69 Å². The molecular weight excluding hydrogens is 368 g/mol. The third kappa shape index (κ3) is 4.71. The van der Waals surface area contributed by atoms with Gasteiger partial charge >= 0.3 is 11.8 Å². The van der Waals surface area contributed by atoms with E-state index in [2.05, 4.69) is 20.8 Å². The minimum absolute atomic E-state index is 0.00615. The van der Waals surface area contributed by atoms with Gasteiger partial charge in [-0.3, -0.25) is 9.13 Å². The molecule has 7 nitrogen and oxygen atoms in total. The van der Waals surface area contributed by atoms with Gasteiger partial charge < -0.3 is 9.64 Å². The summed E-state index contributed by atoms with van der Waals surface area (Å²) in [5.74, 6) is 0. The van der Waals surface area contributed by atoms with Gasteiger partial charge in [0.1, 0.15) is 5.60 Å². The molecule has 158 valence electrons. The average molecular weight is 401 g/mol. The number of fused-ring (bicyclic) bond motifs is 1. The predicted molar refractivity (Wildman–Crippen MR) is 115 cm³/mol. The fourth-order valence-corrected chi connectivity index (χ4v) is 3.47. The van der Waals surface area contributed by atoms with Crippen molar-refractivity contribution in [1.82, 2.24) is 19.0 Å². The molecule has 0 spiro atoms. The zero-order chi connectivity index (χ0) is 21.6. The summed E-state index contributed by atoms with van der Waals surface area (Å²) in [4.78, 5) is 31.4. The zero-order valence-electron chi connectivity index (χ0n) is 18.6. The second-order valence-corrected chi connectivity index (χ2v) is 9.93. The Kier molecular flexibility index (Phi) is 5.36. The SMILES string of the molecule is Cn1c(=O)n(CC(C)(C)C)c2ccc(C3=CCN(C(=O)OC(C)(C)C)CC3)nc21. The number of amides is 1. The van der Waals surface area contributed by atoms with Crippen molar-refractivity contribution in [3.8, 4) is 0 Å². The van der Waals surface area contributed by atoms with Crippen molar-refractivity contribution in [2.75, 3.05) is 13.1 Å². The van der Waals surface area contributed by atoms with Gasteiger partial charge in [-0.1, -0.05) is 26.8 Å². The van der Waals surface area contributed by atoms with E-state index in [1.165, 1.54) is 0 Å². The first-order valence-electron chi connectivity index (χ1n) is 10.1. The summed E-state index contributed by atoms with van der Waals surface area (Å²) < 4.78 is 8.86. The third-order valence-electron chi connectivity index (χ3n) is 4.80. The van der Waals surface area contributed by atoms with E-state index in [0.29, 0.717) is 31.7 Å². The fourth-order valence-electron chi connectivity index (χ4n) is 3.47. The van der Waals surface area contributed by atoms with E-state index >= 15 is 0 Å². The fraction of sp³-hybridized carbons (Fsp3) is 0.591. The first kappa shape index (κ1) is 21.1. The van der Waals surface area contributed by atoms with Crippen LogP contribution in [0, 0.1) is 5.41 Å². The number of aromatic nitrogens is 3. The number of nitrogens with zero attached hydrogens (tertiary/aromatic N) is 4. The maximum atomic E-state index is 12.7. The molecule has 0 N–H and O–H groups in total. The first-order valence-corrected chi connectivity index (χ1v) is 10.1. The van der Waals surface area contributed by atoms with Gasteiger partial charge in [-0.25, -0.2) is 14.6 Å². The van der Waals surface area contributed by atoms with Gasteiger partial charge in [-0.05, 0) is 50.3 Å². The molecule has 0 fully saturated rings. The smallest absolute Gasteiger partial charge is 0.410 e. The van der Waals surface area contributed by atoms with Crippen LogP contribution in [-0.4, -0.2) is 43.8 Å². The Bertz CT molecular complexity index is 1020. The zero-order valence-corrected chi connectivity index (χ0v) is 18.6. The van der Waals surface area contributed by atoms with E-state index in [1.807, 2.05) is 39.0 Å². The predicted octanol–water partition coefficient (Wildman–Crippen LogP) is 3.81. The molecule has 0 radical (unpaired) electrons. The van der Waals surface area contributed by atoms with Crippen LogP contribution in [0.3, 0.4) is 0 Å². The molecule has 3 rings (SSSR count). The molecule has 1 aliphatic heterocycles. The Morgan fingerprint density at radius 1 is 1.17 bits per heavy atom. The van der Waals surface area contributed by atoms with E-state index in [-0.39, 0.29) is 17.2 Å². The maximum Gasteiger partial charge on any atom is 0.410 e. The van der Waals surface area contributed by atoms with Crippen molar-refractivity contribution in [3.05, 3.63) is 34.4 Å². The Labute approximate surface area is 172 Å². The molecule has 2 aromatic rings. The number of imidazole rings is 1. The molecule has 3 heterocycles. The molecule has 0 saturated carbocycles. The number of hydrogen-bond donors (Lipinski definition) is 0. The number of aryl methyl sites for hydroxylation is 1. The Balaban J connectivity index is 1.86. The molecule has 29 heavy (non-hydrogen) atoms. The van der Waals surface area contributed by atoms with Crippen LogP contribution in [0.5, 0.6) is 0 Å². The van der Waals surface area contributed by atoms with E-state index in [4.69, 9.17) is 9.72 Å². The summed E-state index contributed by atoms with van der Waals surface area (Å²) in [7, 11) is 1.76. The standard InChI is InChI=1S/C22H32N4O3/c1-21(2,3)14-26-17-9-8-16(23-18(17)24(7)19(26)27)15-10-12-25(13-11-15)20(28)29-22(4,5)6/h8-10H,11-14H2,1-7H3. The minimum Gasteiger partial charge on any atom is -0.444 e. The molecule has 0 atom stereocenters. The Morgan fingerprint density at radius 2 is 1.86 bits per heavy atom. The summed E-state index contributed by atoms with van der Waals surface area (Å²) in [6, 6.07) is 3.95. The van der Waals surface area contributed by atoms with Crippen LogP contribution in [-0.2, 0) is 18.3 Å². The van der Waals surface area contributed by atoms with Gasteiger partial charge in [0, 0.05) is 26.7 Å². The molecular formula is C22H32N4O3. The van der Waals surface area contributed by atoms with Crippen LogP contribution in [0.15, 0.2) is 23.0 Å². The Hall–Kier alpha value is -2.57. The number of carbonyl (C=O) groups excluding carboxylic acids is 1. The summed E-state index contributed by atoms with van der Waals surface area (Å²) in [6.45, 7) is 13.7. The molecule has 0 aliphatic carbocycles. The highest BCUT2D eigenvalue weighted by Gasteiger charge is 2.25. The number of carbonyl (C=O) groups is 1. The quantitative estimate of drug-likeness (QED) is 0.769. The topological polar surface area (TPSA) is 69.4 Å². The number of rotatable bonds is 2. The molecule has 0 bridgehead atoms. The number of hydrogen-bond acceptors (Lipinski definition) is 4. The summed E-state index contributed by atoms with van der Waals surface area (Å²) in [5, 5.41) is 0. The van der Waals surface area contributed by atoms with Gasteiger partial charge in [-0.2, -0.15) is 0 Å². The highest BCUT2D eigenvalue weighted by atomic mass is 16.6. The van der Waals surface area contributed by atoms with Crippen molar-refractivity contribution in [3.63, 3.8) is 0 Å². The Morgan fingerprint density at radius 3 is 2.41 bits per heavy atom. The second kappa shape index (κ2) is 7.35. The molecule has 7 heteroatoms. The molecule has 0 aromatic carbocycles. The number of ether oxygens (including phenoxy) is 1. The molecule has 1 aliphatic rings.